The molecule has 0 atom stereocenters. The van der Waals surface area contributed by atoms with Crippen LogP contribution in [0.3, 0.4) is 0 Å². The van der Waals surface area contributed by atoms with Gasteiger partial charge in [0, 0.05) is 17.5 Å². The van der Waals surface area contributed by atoms with Crippen LogP contribution in [0, 0.1) is 12.8 Å². The molecule has 0 aromatic carbocycles. The number of aryl methyl sites for hydroxylation is 1. The van der Waals surface area contributed by atoms with Crippen LogP contribution < -0.4 is 10.0 Å². The highest BCUT2D eigenvalue weighted by Crippen LogP contribution is 2.31. The Hall–Kier alpha value is -0.430. The molecule has 0 aliphatic heterocycles. The van der Waals surface area contributed by atoms with Crippen molar-refractivity contribution in [3.05, 3.63) is 15.8 Å². The number of thiophene rings is 1. The molecule has 6 heteroatoms. The van der Waals surface area contributed by atoms with Crippen molar-refractivity contribution in [2.75, 3.05) is 6.54 Å². The lowest BCUT2D eigenvalue weighted by molar-refractivity contribution is 0.270. The summed E-state index contributed by atoms with van der Waals surface area (Å²) in [6.07, 6.45) is 2.95. The maximum absolute atomic E-state index is 12.5. The van der Waals surface area contributed by atoms with E-state index in [9.17, 15) is 8.42 Å². The highest BCUT2D eigenvalue weighted by Gasteiger charge is 2.32. The van der Waals surface area contributed by atoms with E-state index in [0.29, 0.717) is 17.4 Å². The molecule has 0 bridgehead atoms. The molecule has 1 saturated carbocycles. The maximum atomic E-state index is 12.5. The first-order valence-corrected chi connectivity index (χ1v) is 9.60. The van der Waals surface area contributed by atoms with Gasteiger partial charge in [-0.2, -0.15) is 0 Å². The molecule has 2 N–H and O–H groups in total. The fourth-order valence-corrected chi connectivity index (χ4v) is 5.67. The van der Waals surface area contributed by atoms with Gasteiger partial charge in [-0.25, -0.2) is 13.1 Å². The lowest BCUT2D eigenvalue weighted by Crippen LogP contribution is -2.43. The van der Waals surface area contributed by atoms with Gasteiger partial charge in [0.1, 0.15) is 4.90 Å². The molecular formula is C14H24N2O2S2. The largest absolute Gasteiger partial charge is 0.312 e. The highest BCUT2D eigenvalue weighted by atomic mass is 32.2. The van der Waals surface area contributed by atoms with Gasteiger partial charge < -0.3 is 5.32 Å². The Morgan fingerprint density at radius 3 is 2.70 bits per heavy atom. The first kappa shape index (κ1) is 15.9. The summed E-state index contributed by atoms with van der Waals surface area (Å²) < 4.78 is 27.9. The number of sulfonamides is 1. The second-order valence-corrected chi connectivity index (χ2v) is 8.36. The molecule has 2 rings (SSSR count). The average molecular weight is 316 g/mol. The molecule has 0 radical (unpaired) electrons. The molecular weight excluding hydrogens is 292 g/mol. The zero-order chi connectivity index (χ0) is 14.8. The Balaban J connectivity index is 2.11. The van der Waals surface area contributed by atoms with E-state index in [4.69, 9.17) is 0 Å². The van der Waals surface area contributed by atoms with Gasteiger partial charge in [0.05, 0.1) is 0 Å². The van der Waals surface area contributed by atoms with Crippen molar-refractivity contribution in [2.45, 2.75) is 57.5 Å². The predicted octanol–water partition coefficient (Wildman–Crippen LogP) is 2.63. The van der Waals surface area contributed by atoms with Gasteiger partial charge in [0.25, 0.3) is 0 Å². The number of nitrogens with one attached hydrogen (secondary N) is 2. The molecule has 1 aliphatic carbocycles. The van der Waals surface area contributed by atoms with Crippen molar-refractivity contribution in [2.24, 2.45) is 5.92 Å². The van der Waals surface area contributed by atoms with Gasteiger partial charge >= 0.3 is 0 Å². The summed E-state index contributed by atoms with van der Waals surface area (Å²) in [6, 6.07) is 0.116. The summed E-state index contributed by atoms with van der Waals surface area (Å²) in [5.74, 6) is 0.636. The van der Waals surface area contributed by atoms with Crippen molar-refractivity contribution in [1.82, 2.24) is 10.0 Å². The molecule has 4 nitrogen and oxygen atoms in total. The zero-order valence-corrected chi connectivity index (χ0v) is 14.0. The molecule has 1 aromatic rings. The Bertz CT molecular complexity index is 546. The fourth-order valence-electron chi connectivity index (χ4n) is 2.63. The normalized spacial score (nSPS) is 22.8. The topological polar surface area (TPSA) is 58.2 Å². The number of rotatable bonds is 7. The van der Waals surface area contributed by atoms with Gasteiger partial charge in [-0.1, -0.05) is 13.8 Å². The standard InChI is InChI=1S/C14H24N2O2S2/c1-4-5-15-8-13-14(11(3)9-19-13)20(17,18)16-12-6-10(2)7-12/h9-10,12,15-16H,4-8H2,1-3H3. The first-order valence-electron chi connectivity index (χ1n) is 7.24. The van der Waals surface area contributed by atoms with E-state index >= 15 is 0 Å². The molecule has 1 heterocycles. The quantitative estimate of drug-likeness (QED) is 0.760. The van der Waals surface area contributed by atoms with E-state index in [-0.39, 0.29) is 6.04 Å². The summed E-state index contributed by atoms with van der Waals surface area (Å²) in [7, 11) is -3.38. The van der Waals surface area contributed by atoms with Crippen LogP contribution in [0.4, 0.5) is 0 Å². The molecule has 0 saturated heterocycles. The third kappa shape index (κ3) is 3.61. The van der Waals surface area contributed by atoms with Crippen LogP contribution in [0.1, 0.15) is 43.6 Å². The summed E-state index contributed by atoms with van der Waals surface area (Å²) >= 11 is 1.53. The van der Waals surface area contributed by atoms with E-state index in [2.05, 4.69) is 23.9 Å². The Labute approximate surface area is 126 Å². The highest BCUT2D eigenvalue weighted by molar-refractivity contribution is 7.89. The van der Waals surface area contributed by atoms with Crippen LogP contribution in [-0.2, 0) is 16.6 Å². The van der Waals surface area contributed by atoms with Gasteiger partial charge in [-0.3, -0.25) is 0 Å². The lowest BCUT2D eigenvalue weighted by atomic mass is 9.83. The van der Waals surface area contributed by atoms with Crippen LogP contribution in [0.25, 0.3) is 0 Å². The van der Waals surface area contributed by atoms with Gasteiger partial charge in [-0.15, -0.1) is 11.3 Å². The zero-order valence-electron chi connectivity index (χ0n) is 12.4. The number of hydrogen-bond donors (Lipinski definition) is 2. The SMILES string of the molecule is CCCNCc1scc(C)c1S(=O)(=O)NC1CC(C)C1. The van der Waals surface area contributed by atoms with E-state index in [1.807, 2.05) is 12.3 Å². The summed E-state index contributed by atoms with van der Waals surface area (Å²) in [5.41, 5.74) is 0.850. The third-order valence-electron chi connectivity index (χ3n) is 3.67. The molecule has 1 aliphatic rings. The first-order chi connectivity index (χ1) is 9.44. The van der Waals surface area contributed by atoms with Crippen LogP contribution in [0.5, 0.6) is 0 Å². The Morgan fingerprint density at radius 2 is 2.10 bits per heavy atom. The lowest BCUT2D eigenvalue weighted by Gasteiger charge is -2.33. The van der Waals surface area contributed by atoms with E-state index in [1.165, 1.54) is 11.3 Å². The van der Waals surface area contributed by atoms with Crippen LogP contribution in [0.2, 0.25) is 0 Å². The van der Waals surface area contributed by atoms with Crippen LogP contribution in [0.15, 0.2) is 10.3 Å². The summed E-state index contributed by atoms with van der Waals surface area (Å²) in [4.78, 5) is 1.40. The van der Waals surface area contributed by atoms with Gasteiger partial charge in [-0.05, 0) is 49.6 Å². The minimum atomic E-state index is -3.38. The summed E-state index contributed by atoms with van der Waals surface area (Å²) in [5, 5.41) is 5.22. The average Bonchev–Trinajstić information content (AvgIpc) is 2.69. The van der Waals surface area contributed by atoms with Crippen molar-refractivity contribution in [3.63, 3.8) is 0 Å². The molecule has 20 heavy (non-hydrogen) atoms. The third-order valence-corrected chi connectivity index (χ3v) is 6.65. The van der Waals surface area contributed by atoms with Crippen molar-refractivity contribution < 1.29 is 8.42 Å². The second kappa shape index (κ2) is 6.56. The van der Waals surface area contributed by atoms with Crippen LogP contribution >= 0.6 is 11.3 Å². The van der Waals surface area contributed by atoms with Crippen molar-refractivity contribution in [1.29, 1.82) is 0 Å². The monoisotopic (exact) mass is 316 g/mol. The smallest absolute Gasteiger partial charge is 0.242 e. The van der Waals surface area contributed by atoms with E-state index in [1.54, 1.807) is 0 Å². The van der Waals surface area contributed by atoms with Crippen molar-refractivity contribution >= 4 is 21.4 Å². The minimum Gasteiger partial charge on any atom is -0.312 e. The minimum absolute atomic E-state index is 0.116. The maximum Gasteiger partial charge on any atom is 0.242 e. The van der Waals surface area contributed by atoms with E-state index < -0.39 is 10.0 Å². The van der Waals surface area contributed by atoms with Crippen LogP contribution in [-0.4, -0.2) is 21.0 Å². The van der Waals surface area contributed by atoms with Gasteiger partial charge in [0.2, 0.25) is 10.0 Å². The Kier molecular flexibility index (Phi) is 5.23. The molecule has 0 spiro atoms. The van der Waals surface area contributed by atoms with Gasteiger partial charge in [0.15, 0.2) is 0 Å². The second-order valence-electron chi connectivity index (χ2n) is 5.74. The molecule has 0 unspecified atom stereocenters. The molecule has 1 fully saturated rings. The molecule has 1 aromatic heterocycles. The van der Waals surface area contributed by atoms with E-state index in [0.717, 1.165) is 36.2 Å². The fraction of sp³-hybridized carbons (Fsp3) is 0.714. The summed E-state index contributed by atoms with van der Waals surface area (Å²) in [6.45, 7) is 7.66. The molecule has 0 amide bonds. The predicted molar refractivity (Wildman–Crippen MR) is 83.6 cm³/mol. The number of hydrogen-bond acceptors (Lipinski definition) is 4. The Morgan fingerprint density at radius 1 is 1.40 bits per heavy atom. The van der Waals surface area contributed by atoms with Crippen molar-refractivity contribution in [3.8, 4) is 0 Å². The molecule has 114 valence electrons.